The number of hydrogen-bond donors (Lipinski definition) is 0. The number of halogens is 1. The van der Waals surface area contributed by atoms with E-state index in [1.165, 1.54) is 0 Å². The summed E-state index contributed by atoms with van der Waals surface area (Å²) in [4.78, 5) is 3.17. The first-order chi connectivity index (χ1) is 11.7. The summed E-state index contributed by atoms with van der Waals surface area (Å²) < 4.78 is 12.3. The fraction of sp³-hybridized carbons (Fsp3) is 0.333. The van der Waals surface area contributed by atoms with Gasteiger partial charge in [-0.3, -0.25) is 0 Å². The molecule has 2 unspecified atom stereocenters. The van der Waals surface area contributed by atoms with Gasteiger partial charge in [-0.05, 0) is 35.2 Å². The molecule has 124 valence electrons. The first-order valence-corrected chi connectivity index (χ1v) is 8.61. The second-order valence-corrected chi connectivity index (χ2v) is 6.61. The maximum atomic E-state index is 9.29. The molecule has 5 nitrogen and oxygen atoms in total. The smallest absolute Gasteiger partial charge is 0.101 e. The number of hydrogen-bond acceptors (Lipinski definition) is 3. The summed E-state index contributed by atoms with van der Waals surface area (Å²) in [6, 6.07) is 17.7. The van der Waals surface area contributed by atoms with Crippen LogP contribution in [-0.2, 0) is 15.0 Å². The highest BCUT2D eigenvalue weighted by molar-refractivity contribution is 9.10. The molecule has 2 atom stereocenters. The molecule has 0 spiro atoms. The molecule has 0 saturated carbocycles. The van der Waals surface area contributed by atoms with Crippen LogP contribution in [0.2, 0.25) is 0 Å². The Morgan fingerprint density at radius 3 is 2.42 bits per heavy atom. The van der Waals surface area contributed by atoms with Crippen molar-refractivity contribution in [1.82, 2.24) is 0 Å². The van der Waals surface area contributed by atoms with Crippen LogP contribution >= 0.6 is 15.9 Å². The zero-order chi connectivity index (χ0) is 16.8. The first-order valence-electron chi connectivity index (χ1n) is 7.82. The van der Waals surface area contributed by atoms with Crippen molar-refractivity contribution in [3.8, 4) is 0 Å². The second-order valence-electron chi connectivity index (χ2n) is 5.69. The predicted molar refractivity (Wildman–Crippen MR) is 95.7 cm³/mol. The number of benzene rings is 2. The quantitative estimate of drug-likeness (QED) is 0.419. The van der Waals surface area contributed by atoms with Crippen molar-refractivity contribution >= 4 is 15.9 Å². The van der Waals surface area contributed by atoms with Crippen LogP contribution in [0.15, 0.2) is 64.2 Å². The van der Waals surface area contributed by atoms with Crippen LogP contribution in [-0.4, -0.2) is 25.9 Å². The minimum Gasteiger partial charge on any atom is -0.376 e. The lowest BCUT2D eigenvalue weighted by Gasteiger charge is -2.35. The highest BCUT2D eigenvalue weighted by Gasteiger charge is 2.37. The molecule has 0 aromatic heterocycles. The van der Waals surface area contributed by atoms with E-state index in [1.54, 1.807) is 0 Å². The molecule has 1 fully saturated rings. The van der Waals surface area contributed by atoms with E-state index in [2.05, 4.69) is 26.0 Å². The average molecular weight is 388 g/mol. The highest BCUT2D eigenvalue weighted by atomic mass is 79.9. The molecule has 2 aromatic rings. The number of ether oxygens (including phenoxy) is 2. The van der Waals surface area contributed by atoms with Gasteiger partial charge in [-0.25, -0.2) is 0 Å². The fourth-order valence-corrected chi connectivity index (χ4v) is 3.32. The van der Waals surface area contributed by atoms with Crippen LogP contribution in [0.1, 0.15) is 17.5 Å². The van der Waals surface area contributed by atoms with Crippen molar-refractivity contribution in [3.05, 3.63) is 80.6 Å². The molecule has 0 amide bonds. The van der Waals surface area contributed by atoms with E-state index in [0.29, 0.717) is 26.2 Å². The minimum absolute atomic E-state index is 0.117. The van der Waals surface area contributed by atoms with E-state index < -0.39 is 5.54 Å². The van der Waals surface area contributed by atoms with Crippen LogP contribution in [0.5, 0.6) is 0 Å². The zero-order valence-electron chi connectivity index (χ0n) is 13.1. The standard InChI is InChI=1S/C18H18BrN3O2/c19-16-8-6-15(7-9-16)18(21-22-20,14-4-2-1-3-5-14)12-17-13-23-10-11-24-17/h1-9,17H,10-13H2. The van der Waals surface area contributed by atoms with Gasteiger partial charge in [0.25, 0.3) is 0 Å². The van der Waals surface area contributed by atoms with Crippen molar-refractivity contribution in [1.29, 1.82) is 0 Å². The maximum absolute atomic E-state index is 9.29. The largest absolute Gasteiger partial charge is 0.376 e. The van der Waals surface area contributed by atoms with Crippen molar-refractivity contribution in [3.63, 3.8) is 0 Å². The Bertz CT molecular complexity index is 711. The molecule has 1 saturated heterocycles. The minimum atomic E-state index is -0.831. The summed E-state index contributed by atoms with van der Waals surface area (Å²) in [6.07, 6.45) is 0.413. The summed E-state index contributed by atoms with van der Waals surface area (Å²) in [5.74, 6) is 0. The SMILES string of the molecule is [N-]=[N+]=NC(CC1COCCO1)(c1ccccc1)c1ccc(Br)cc1. The Labute approximate surface area is 149 Å². The molecule has 1 aliphatic heterocycles. The van der Waals surface area contributed by atoms with Gasteiger partial charge in [0.05, 0.1) is 25.9 Å². The lowest BCUT2D eigenvalue weighted by atomic mass is 9.79. The van der Waals surface area contributed by atoms with Gasteiger partial charge >= 0.3 is 0 Å². The van der Waals surface area contributed by atoms with E-state index in [-0.39, 0.29) is 6.10 Å². The molecular weight excluding hydrogens is 370 g/mol. The van der Waals surface area contributed by atoms with E-state index in [0.717, 1.165) is 15.6 Å². The molecule has 1 aliphatic rings. The van der Waals surface area contributed by atoms with E-state index >= 15 is 0 Å². The number of nitrogens with zero attached hydrogens (tertiary/aromatic N) is 3. The maximum Gasteiger partial charge on any atom is 0.101 e. The molecule has 1 heterocycles. The lowest BCUT2D eigenvalue weighted by Crippen LogP contribution is -2.37. The Kier molecular flexibility index (Phi) is 5.53. The Balaban J connectivity index is 2.09. The summed E-state index contributed by atoms with van der Waals surface area (Å²) in [5, 5.41) is 4.25. The molecule has 0 N–H and O–H groups in total. The van der Waals surface area contributed by atoms with Gasteiger partial charge in [-0.2, -0.15) is 0 Å². The van der Waals surface area contributed by atoms with E-state index in [1.807, 2.05) is 54.6 Å². The van der Waals surface area contributed by atoms with Crippen LogP contribution in [0.3, 0.4) is 0 Å². The van der Waals surface area contributed by atoms with Crippen molar-refractivity contribution in [2.45, 2.75) is 18.1 Å². The first kappa shape index (κ1) is 17.0. The predicted octanol–water partition coefficient (Wildman–Crippen LogP) is 4.81. The Morgan fingerprint density at radius 2 is 1.79 bits per heavy atom. The Morgan fingerprint density at radius 1 is 1.08 bits per heavy atom. The van der Waals surface area contributed by atoms with E-state index in [9.17, 15) is 5.53 Å². The van der Waals surface area contributed by atoms with Gasteiger partial charge in [0.15, 0.2) is 0 Å². The average Bonchev–Trinajstić information content (AvgIpc) is 2.63. The van der Waals surface area contributed by atoms with Crippen molar-refractivity contribution < 1.29 is 9.47 Å². The molecule has 3 rings (SSSR count). The second kappa shape index (κ2) is 7.81. The van der Waals surface area contributed by atoms with Gasteiger partial charge in [0, 0.05) is 9.38 Å². The van der Waals surface area contributed by atoms with Crippen molar-refractivity contribution in [2.75, 3.05) is 19.8 Å². The zero-order valence-corrected chi connectivity index (χ0v) is 14.7. The molecule has 6 heteroatoms. The third kappa shape index (κ3) is 3.62. The van der Waals surface area contributed by atoms with Gasteiger partial charge in [0.2, 0.25) is 0 Å². The van der Waals surface area contributed by atoms with Gasteiger partial charge in [-0.15, -0.1) is 0 Å². The van der Waals surface area contributed by atoms with Crippen LogP contribution in [0.25, 0.3) is 10.4 Å². The summed E-state index contributed by atoms with van der Waals surface area (Å²) in [7, 11) is 0. The molecular formula is C18H18BrN3O2. The third-order valence-electron chi connectivity index (χ3n) is 4.20. The normalized spacial score (nSPS) is 20.0. The number of rotatable bonds is 5. The topological polar surface area (TPSA) is 67.2 Å². The molecule has 24 heavy (non-hydrogen) atoms. The fourth-order valence-electron chi connectivity index (χ4n) is 3.06. The molecule has 0 radical (unpaired) electrons. The summed E-state index contributed by atoms with van der Waals surface area (Å²) in [6.45, 7) is 1.67. The number of azide groups is 1. The van der Waals surface area contributed by atoms with Gasteiger partial charge in [0.1, 0.15) is 5.54 Å². The van der Waals surface area contributed by atoms with Gasteiger partial charge < -0.3 is 9.47 Å². The molecule has 0 bridgehead atoms. The third-order valence-corrected chi connectivity index (χ3v) is 4.73. The Hall–Kier alpha value is -1.85. The monoisotopic (exact) mass is 387 g/mol. The van der Waals surface area contributed by atoms with Crippen LogP contribution in [0.4, 0.5) is 0 Å². The lowest BCUT2D eigenvalue weighted by molar-refractivity contribution is -0.0960. The molecule has 0 aliphatic carbocycles. The van der Waals surface area contributed by atoms with Crippen LogP contribution in [0, 0.1) is 0 Å². The van der Waals surface area contributed by atoms with Crippen LogP contribution < -0.4 is 0 Å². The van der Waals surface area contributed by atoms with Crippen molar-refractivity contribution in [2.24, 2.45) is 5.11 Å². The summed E-state index contributed by atoms with van der Waals surface area (Å²) >= 11 is 3.46. The highest BCUT2D eigenvalue weighted by Crippen LogP contribution is 2.40. The van der Waals surface area contributed by atoms with E-state index in [4.69, 9.17) is 9.47 Å². The molecule has 2 aromatic carbocycles. The summed E-state index contributed by atoms with van der Waals surface area (Å²) in [5.41, 5.74) is 10.3. The van der Waals surface area contributed by atoms with Gasteiger partial charge in [-0.1, -0.05) is 63.5 Å².